The van der Waals surface area contributed by atoms with Crippen molar-refractivity contribution in [1.29, 1.82) is 0 Å². The van der Waals surface area contributed by atoms with Gasteiger partial charge in [0, 0.05) is 34.4 Å². The second kappa shape index (κ2) is 7.09. The van der Waals surface area contributed by atoms with Crippen LogP contribution < -0.4 is 4.57 Å². The van der Waals surface area contributed by atoms with Crippen molar-refractivity contribution in [1.82, 2.24) is 4.98 Å². The van der Waals surface area contributed by atoms with Crippen molar-refractivity contribution in [3.8, 4) is 33.5 Å². The number of benzene rings is 2. The van der Waals surface area contributed by atoms with Gasteiger partial charge in [-0.15, -0.1) is 0 Å². The molecule has 1 fully saturated rings. The van der Waals surface area contributed by atoms with Gasteiger partial charge in [-0.05, 0) is 72.4 Å². The van der Waals surface area contributed by atoms with E-state index in [0.29, 0.717) is 0 Å². The second-order valence-electron chi connectivity index (χ2n) is 9.32. The van der Waals surface area contributed by atoms with E-state index in [-0.39, 0.29) is 11.2 Å². The van der Waals surface area contributed by atoms with Crippen molar-refractivity contribution >= 4 is 0 Å². The monoisotopic (exact) mass is 421 g/mol. The van der Waals surface area contributed by atoms with Gasteiger partial charge in [-0.1, -0.05) is 37.1 Å². The van der Waals surface area contributed by atoms with Crippen molar-refractivity contribution in [2.75, 3.05) is 0 Å². The summed E-state index contributed by atoms with van der Waals surface area (Å²) in [5, 5.41) is 0. The van der Waals surface area contributed by atoms with Gasteiger partial charge < -0.3 is 0 Å². The van der Waals surface area contributed by atoms with E-state index in [9.17, 15) is 4.39 Å². The smallest absolute Gasteiger partial charge is 0.212 e. The normalized spacial score (nSPS) is 15.7. The van der Waals surface area contributed by atoms with Crippen LogP contribution in [0, 0.1) is 12.7 Å². The van der Waals surface area contributed by atoms with Crippen molar-refractivity contribution in [2.24, 2.45) is 7.05 Å². The van der Waals surface area contributed by atoms with Gasteiger partial charge in [0.1, 0.15) is 12.9 Å². The molecule has 2 aromatic carbocycles. The van der Waals surface area contributed by atoms with Gasteiger partial charge in [0.15, 0.2) is 6.20 Å². The van der Waals surface area contributed by atoms with Crippen LogP contribution in [0.1, 0.15) is 42.5 Å². The Hall–Kier alpha value is -3.33. The summed E-state index contributed by atoms with van der Waals surface area (Å²) in [4.78, 5) is 4.88. The molecule has 0 radical (unpaired) electrons. The fraction of sp³-hybridized carbons (Fsp3) is 0.241. The van der Waals surface area contributed by atoms with E-state index in [1.54, 1.807) is 0 Å². The van der Waals surface area contributed by atoms with Crippen LogP contribution in [-0.4, -0.2) is 4.98 Å². The number of fused-ring (bicyclic) bond motifs is 5. The molecule has 2 aliphatic rings. The first-order valence-corrected chi connectivity index (χ1v) is 11.4. The Labute approximate surface area is 188 Å². The predicted octanol–water partition coefficient (Wildman–Crippen LogP) is 6.53. The van der Waals surface area contributed by atoms with Crippen molar-refractivity contribution in [2.45, 2.75) is 38.0 Å². The summed E-state index contributed by atoms with van der Waals surface area (Å²) >= 11 is 0. The van der Waals surface area contributed by atoms with Gasteiger partial charge >= 0.3 is 0 Å². The molecule has 0 saturated heterocycles. The van der Waals surface area contributed by atoms with Crippen LogP contribution >= 0.6 is 0 Å². The fourth-order valence-corrected chi connectivity index (χ4v) is 5.92. The number of nitrogens with zero attached hydrogens (tertiary/aromatic N) is 2. The number of aryl methyl sites for hydroxylation is 2. The highest BCUT2D eigenvalue weighted by atomic mass is 19.1. The quantitative estimate of drug-likeness (QED) is 0.336. The van der Waals surface area contributed by atoms with Gasteiger partial charge in [0.2, 0.25) is 5.69 Å². The summed E-state index contributed by atoms with van der Waals surface area (Å²) in [6, 6.07) is 20.1. The Morgan fingerprint density at radius 2 is 1.62 bits per heavy atom. The summed E-state index contributed by atoms with van der Waals surface area (Å²) in [6.07, 6.45) is 9.02. The Morgan fingerprint density at radius 3 is 2.38 bits per heavy atom. The van der Waals surface area contributed by atoms with Crippen LogP contribution in [-0.2, 0) is 12.5 Å². The van der Waals surface area contributed by atoms with Crippen LogP contribution in [0.5, 0.6) is 0 Å². The van der Waals surface area contributed by atoms with Crippen molar-refractivity contribution in [3.05, 3.63) is 95.7 Å². The number of hydrogen-bond acceptors (Lipinski definition) is 1. The summed E-state index contributed by atoms with van der Waals surface area (Å²) in [7, 11) is 2.09. The van der Waals surface area contributed by atoms with E-state index in [0.717, 1.165) is 11.1 Å². The lowest BCUT2D eigenvalue weighted by Crippen LogP contribution is -2.31. The lowest BCUT2D eigenvalue weighted by molar-refractivity contribution is -0.659. The number of aromatic nitrogens is 2. The minimum Gasteiger partial charge on any atom is -0.260 e. The standard InChI is InChI=1S/C29H26FN2/c1-19-16-26-25(23-6-5-15-31-28(23)29(26)13-3-4-14-29)17-24(19)27-12-9-21(18-32(27)2)20-7-10-22(30)11-8-20/h5-12,15-18H,3-4,13-14H2,1-2H3/q+1. The Bertz CT molecular complexity index is 1350. The Balaban J connectivity index is 1.49. The molecular formula is C29H26FN2+. The van der Waals surface area contributed by atoms with Gasteiger partial charge in [-0.2, -0.15) is 0 Å². The predicted molar refractivity (Wildman–Crippen MR) is 126 cm³/mol. The molecule has 2 heterocycles. The maximum atomic E-state index is 13.3. The van der Waals surface area contributed by atoms with E-state index in [1.807, 2.05) is 18.3 Å². The van der Waals surface area contributed by atoms with E-state index < -0.39 is 0 Å². The van der Waals surface area contributed by atoms with Crippen LogP contribution in [0.15, 0.2) is 73.1 Å². The molecule has 32 heavy (non-hydrogen) atoms. The Kier molecular flexibility index (Phi) is 4.29. The van der Waals surface area contributed by atoms with Crippen molar-refractivity contribution in [3.63, 3.8) is 0 Å². The topological polar surface area (TPSA) is 16.8 Å². The van der Waals surface area contributed by atoms with Gasteiger partial charge in [-0.3, -0.25) is 4.98 Å². The van der Waals surface area contributed by atoms with E-state index in [2.05, 4.69) is 61.1 Å². The third-order valence-corrected chi connectivity index (χ3v) is 7.48. The molecule has 2 aromatic heterocycles. The van der Waals surface area contributed by atoms with Crippen LogP contribution in [0.4, 0.5) is 4.39 Å². The molecule has 4 aromatic rings. The molecule has 0 unspecified atom stereocenters. The van der Waals surface area contributed by atoms with Crippen molar-refractivity contribution < 1.29 is 8.96 Å². The molecule has 6 rings (SSSR count). The zero-order chi connectivity index (χ0) is 21.9. The second-order valence-corrected chi connectivity index (χ2v) is 9.32. The zero-order valence-corrected chi connectivity index (χ0v) is 18.5. The first-order chi connectivity index (χ1) is 15.6. The molecule has 0 atom stereocenters. The van der Waals surface area contributed by atoms with Crippen LogP contribution in [0.25, 0.3) is 33.5 Å². The molecule has 158 valence electrons. The molecular weight excluding hydrogens is 395 g/mol. The molecule has 0 bridgehead atoms. The SMILES string of the molecule is Cc1cc2c(cc1-c1ccc(-c3ccc(F)cc3)c[n+]1C)-c1cccnc1C21CCCC1. The molecule has 0 amide bonds. The van der Waals surface area contributed by atoms with Crippen LogP contribution in [0.3, 0.4) is 0 Å². The number of pyridine rings is 2. The highest BCUT2D eigenvalue weighted by molar-refractivity contribution is 5.84. The van der Waals surface area contributed by atoms with Gasteiger partial charge in [0.25, 0.3) is 0 Å². The summed E-state index contributed by atoms with van der Waals surface area (Å²) < 4.78 is 15.5. The van der Waals surface area contributed by atoms with Gasteiger partial charge in [0.05, 0.1) is 5.69 Å². The molecule has 0 aliphatic heterocycles. The number of hydrogen-bond donors (Lipinski definition) is 0. The van der Waals surface area contributed by atoms with E-state index in [4.69, 9.17) is 4.98 Å². The van der Waals surface area contributed by atoms with Crippen LogP contribution in [0.2, 0.25) is 0 Å². The third-order valence-electron chi connectivity index (χ3n) is 7.48. The number of rotatable bonds is 2. The minimum atomic E-state index is -0.210. The highest BCUT2D eigenvalue weighted by Gasteiger charge is 2.46. The lowest BCUT2D eigenvalue weighted by atomic mass is 9.78. The molecule has 2 aliphatic carbocycles. The molecule has 2 nitrogen and oxygen atoms in total. The maximum Gasteiger partial charge on any atom is 0.212 e. The van der Waals surface area contributed by atoms with E-state index in [1.165, 1.54) is 77.0 Å². The minimum absolute atomic E-state index is 0.101. The van der Waals surface area contributed by atoms with E-state index >= 15 is 0 Å². The first kappa shape index (κ1) is 19.4. The average molecular weight is 422 g/mol. The summed E-state index contributed by atoms with van der Waals surface area (Å²) in [5.74, 6) is -0.210. The largest absolute Gasteiger partial charge is 0.260 e. The third kappa shape index (κ3) is 2.77. The zero-order valence-electron chi connectivity index (χ0n) is 18.5. The molecule has 1 spiro atoms. The molecule has 3 heteroatoms. The Morgan fingerprint density at radius 1 is 0.875 bits per heavy atom. The van der Waals surface area contributed by atoms with Gasteiger partial charge in [-0.25, -0.2) is 8.96 Å². The maximum absolute atomic E-state index is 13.3. The highest BCUT2D eigenvalue weighted by Crippen LogP contribution is 2.56. The lowest BCUT2D eigenvalue weighted by Gasteiger charge is -2.25. The summed E-state index contributed by atoms with van der Waals surface area (Å²) in [5.41, 5.74) is 11.3. The molecule has 1 saturated carbocycles. The molecule has 0 N–H and O–H groups in total. The first-order valence-electron chi connectivity index (χ1n) is 11.4. The average Bonchev–Trinajstić information content (AvgIpc) is 3.39. The number of halogens is 1. The summed E-state index contributed by atoms with van der Waals surface area (Å²) in [6.45, 7) is 2.22. The fourth-order valence-electron chi connectivity index (χ4n) is 5.92.